The van der Waals surface area contributed by atoms with Gasteiger partial charge in [0.25, 0.3) is 0 Å². The monoisotopic (exact) mass is 1110 g/mol. The summed E-state index contributed by atoms with van der Waals surface area (Å²) in [6.45, 7) is 16.0. The lowest BCUT2D eigenvalue weighted by molar-refractivity contribution is -0.149. The minimum Gasteiger partial charge on any atom is -0.445 e. The lowest BCUT2D eigenvalue weighted by atomic mass is 9.83. The summed E-state index contributed by atoms with van der Waals surface area (Å²) in [4.78, 5) is 114. The maximum absolute atomic E-state index is 14.8. The maximum Gasteiger partial charge on any atom is 0.410 e. The number of thioether (sulfide) groups is 1. The predicted molar refractivity (Wildman–Crippen MR) is 305 cm³/mol. The van der Waals surface area contributed by atoms with Crippen LogP contribution in [0.5, 0.6) is 0 Å². The highest BCUT2D eigenvalue weighted by molar-refractivity contribution is 8.00. The average molecular weight is 1110 g/mol. The normalized spacial score (nSPS) is 19.2. The molecule has 436 valence electrons. The number of aliphatic hydroxyl groups excluding tert-OH is 1. The Balaban J connectivity index is 0.0000164. The Labute approximate surface area is 470 Å². The van der Waals surface area contributed by atoms with Crippen LogP contribution in [0.25, 0.3) is 0 Å². The molecule has 1 N–H and O–H groups in total. The molecule has 0 aliphatic carbocycles. The first-order valence-electron chi connectivity index (χ1n) is 28.3. The molecule has 0 spiro atoms. The topological polar surface area (TPSA) is 197 Å². The minimum atomic E-state index is -0.885. The molecule has 2 aliphatic rings. The summed E-state index contributed by atoms with van der Waals surface area (Å²) in [6.07, 6.45) is 4.10. The fraction of sp³-hybridized carbons (Fsp3) is 0.672. The standard InChI is InChI=1S/C61H92N4O12S.H2/c1-14-40(6)56(51(75-11)35-53(69)64-31-21-25-48(64)58(76-12)42(8)49(67)32-41(7)57(71)45-22-17-15-18-23-45)62(9)59(72)47(38(2)3)34-50(68)55(39(4)5)63(10)61(74)77-37-44-28-26-43(27-29-44)33-46(66)24-19-16-20-30-65-54(70)36-52(78-13)60(65)73;/h15,17-18,22-23,26-29,38-42,47-48,51-52,55-58,71H,14,16,19-21,24-25,30-37H2,1-13H3;1H/t40-,41-,42-,47-,48-,51+,52?,55-,56-,57+,58+;/m0./s1. The average Bonchev–Trinajstić information content (AvgIpc) is 4.04. The van der Waals surface area contributed by atoms with Gasteiger partial charge >= 0.3 is 6.09 Å². The van der Waals surface area contributed by atoms with Gasteiger partial charge in [0.15, 0.2) is 5.78 Å². The van der Waals surface area contributed by atoms with E-state index >= 15 is 0 Å². The Bertz CT molecular complexity index is 2300. The lowest BCUT2D eigenvalue weighted by Crippen LogP contribution is -2.54. The van der Waals surface area contributed by atoms with Crippen molar-refractivity contribution < 1.29 is 59.1 Å². The van der Waals surface area contributed by atoms with Crippen LogP contribution in [-0.4, -0.2) is 155 Å². The fourth-order valence-electron chi connectivity index (χ4n) is 11.4. The van der Waals surface area contributed by atoms with Gasteiger partial charge in [-0.15, -0.1) is 0 Å². The number of Topliss-reactive ketones (excluding diaryl/α,β-unsaturated/α-hetero) is 3. The number of hydrogen-bond donors (Lipinski definition) is 1. The molecule has 2 saturated heterocycles. The summed E-state index contributed by atoms with van der Waals surface area (Å²) in [5.41, 5.74) is 2.28. The van der Waals surface area contributed by atoms with Gasteiger partial charge in [-0.25, -0.2) is 4.79 Å². The second kappa shape index (κ2) is 31.7. The lowest BCUT2D eigenvalue weighted by Gasteiger charge is -2.41. The third kappa shape index (κ3) is 17.8. The first-order valence-corrected chi connectivity index (χ1v) is 29.6. The van der Waals surface area contributed by atoms with E-state index in [1.165, 1.54) is 28.6 Å². The van der Waals surface area contributed by atoms with Gasteiger partial charge in [0, 0.05) is 86.8 Å². The quantitative estimate of drug-likeness (QED) is 0.0525. The van der Waals surface area contributed by atoms with Crippen molar-refractivity contribution in [2.75, 3.05) is 47.7 Å². The Hall–Kier alpha value is -4.97. The van der Waals surface area contributed by atoms with Gasteiger partial charge in [0.1, 0.15) is 18.2 Å². The number of imide groups is 1. The first kappa shape index (κ1) is 65.5. The molecule has 0 radical (unpaired) electrons. The van der Waals surface area contributed by atoms with Crippen LogP contribution in [0.1, 0.15) is 150 Å². The highest BCUT2D eigenvalue weighted by Crippen LogP contribution is 2.33. The zero-order chi connectivity index (χ0) is 58.0. The van der Waals surface area contributed by atoms with E-state index in [1.54, 1.807) is 43.2 Å². The van der Waals surface area contributed by atoms with Gasteiger partial charge in [-0.05, 0) is 72.3 Å². The van der Waals surface area contributed by atoms with E-state index < -0.39 is 48.3 Å². The molecular formula is C61H94N4O12S. The Kier molecular flexibility index (Phi) is 26.7. The van der Waals surface area contributed by atoms with Gasteiger partial charge in [-0.2, -0.15) is 11.8 Å². The van der Waals surface area contributed by atoms with Gasteiger partial charge in [-0.1, -0.05) is 123 Å². The van der Waals surface area contributed by atoms with E-state index in [0.29, 0.717) is 50.8 Å². The number of benzene rings is 2. The number of hydrogen-bond acceptors (Lipinski definition) is 13. The number of rotatable bonds is 33. The molecule has 0 aromatic heterocycles. The SMILES string of the molecule is CC[C@H](C)[C@@H]([C@@H](CC(=O)N1CCC[C@H]1[C@H](OC)[C@@H](C)C(=O)C[C@H](C)[C@@H](O)c1ccccc1)OC)N(C)C(=O)[C@@H](CC(=O)[C@H](C(C)C)N(C)C(=O)OCc1ccc(CC(=O)CCCCCN2C(=O)CC(SC)C2=O)cc1)C(C)C.[HH]. The van der Waals surface area contributed by atoms with E-state index in [2.05, 4.69) is 0 Å². The van der Waals surface area contributed by atoms with Gasteiger partial charge in [-0.3, -0.25) is 38.5 Å². The molecule has 11 atom stereocenters. The number of likely N-dealkylation sites (N-methyl/N-ethyl adjacent to an activating group) is 2. The van der Waals surface area contributed by atoms with Crippen molar-refractivity contribution in [3.63, 3.8) is 0 Å². The highest BCUT2D eigenvalue weighted by Gasteiger charge is 2.44. The van der Waals surface area contributed by atoms with Crippen LogP contribution < -0.4 is 0 Å². The van der Waals surface area contributed by atoms with Crippen LogP contribution in [0.4, 0.5) is 4.79 Å². The van der Waals surface area contributed by atoms with Gasteiger partial charge in [0.05, 0.1) is 48.1 Å². The maximum atomic E-state index is 14.8. The van der Waals surface area contributed by atoms with Crippen molar-refractivity contribution in [3.05, 3.63) is 71.3 Å². The number of nitrogens with zero attached hydrogens (tertiary/aromatic N) is 4. The van der Waals surface area contributed by atoms with E-state index in [9.17, 15) is 43.5 Å². The number of carbonyl (C=O) groups excluding carboxylic acids is 8. The highest BCUT2D eigenvalue weighted by atomic mass is 32.2. The van der Waals surface area contributed by atoms with Gasteiger partial charge in [0.2, 0.25) is 23.6 Å². The summed E-state index contributed by atoms with van der Waals surface area (Å²) in [5, 5.41) is 10.7. The van der Waals surface area contributed by atoms with Crippen molar-refractivity contribution in [2.45, 2.75) is 181 Å². The van der Waals surface area contributed by atoms with Crippen molar-refractivity contribution in [1.29, 1.82) is 0 Å². The van der Waals surface area contributed by atoms with E-state index in [4.69, 9.17) is 14.2 Å². The zero-order valence-electron chi connectivity index (χ0n) is 48.9. The molecule has 5 amide bonds. The van der Waals surface area contributed by atoms with Crippen molar-refractivity contribution >= 4 is 58.8 Å². The number of likely N-dealkylation sites (tertiary alicyclic amines) is 2. The third-order valence-corrected chi connectivity index (χ3v) is 17.3. The molecule has 2 aromatic carbocycles. The van der Waals surface area contributed by atoms with Gasteiger partial charge < -0.3 is 34.0 Å². The molecule has 2 aromatic rings. The predicted octanol–water partition coefficient (Wildman–Crippen LogP) is 9.17. The molecule has 0 bridgehead atoms. The largest absolute Gasteiger partial charge is 0.445 e. The second-order valence-corrected chi connectivity index (χ2v) is 23.7. The molecule has 2 heterocycles. The second-order valence-electron chi connectivity index (χ2n) is 22.6. The Morgan fingerprint density at radius 3 is 2.03 bits per heavy atom. The number of ketones is 3. The van der Waals surface area contributed by atoms with Crippen LogP contribution in [-0.2, 0) is 60.8 Å². The Morgan fingerprint density at radius 1 is 0.795 bits per heavy atom. The van der Waals surface area contributed by atoms with Crippen molar-refractivity contribution in [2.24, 2.45) is 35.5 Å². The molecule has 4 rings (SSSR count). The number of unbranched alkanes of at least 4 members (excludes halogenated alkanes) is 2. The molecule has 17 heteroatoms. The van der Waals surface area contributed by atoms with E-state index in [0.717, 1.165) is 24.0 Å². The third-order valence-electron chi connectivity index (χ3n) is 16.4. The molecule has 78 heavy (non-hydrogen) atoms. The minimum absolute atomic E-state index is 0. The fourth-order valence-corrected chi connectivity index (χ4v) is 12.1. The number of ether oxygens (including phenoxy) is 3. The molecule has 0 saturated carbocycles. The number of amides is 5. The zero-order valence-corrected chi connectivity index (χ0v) is 49.8. The first-order chi connectivity index (χ1) is 37.0. The van der Waals surface area contributed by atoms with Crippen molar-refractivity contribution in [1.82, 2.24) is 19.6 Å². The van der Waals surface area contributed by atoms with Crippen LogP contribution in [0, 0.1) is 35.5 Å². The summed E-state index contributed by atoms with van der Waals surface area (Å²) in [5.74, 6) is -3.19. The van der Waals surface area contributed by atoms with Crippen LogP contribution in [0.3, 0.4) is 0 Å². The van der Waals surface area contributed by atoms with Crippen LogP contribution in [0.15, 0.2) is 54.6 Å². The molecule has 16 nitrogen and oxygen atoms in total. The number of aliphatic hydroxyl groups is 1. The molecule has 2 fully saturated rings. The number of carbonyl (C=O) groups is 8. The summed E-state index contributed by atoms with van der Waals surface area (Å²) < 4.78 is 17.8. The van der Waals surface area contributed by atoms with Crippen LogP contribution in [0.2, 0.25) is 0 Å². The van der Waals surface area contributed by atoms with Crippen molar-refractivity contribution in [3.8, 4) is 0 Å². The summed E-state index contributed by atoms with van der Waals surface area (Å²) in [6, 6.07) is 14.8. The van der Waals surface area contributed by atoms with E-state index in [1.807, 2.05) is 104 Å². The smallest absolute Gasteiger partial charge is 0.410 e. The molecule has 2 aliphatic heterocycles. The Morgan fingerprint density at radius 2 is 1.45 bits per heavy atom. The summed E-state index contributed by atoms with van der Waals surface area (Å²) in [7, 11) is 6.34. The summed E-state index contributed by atoms with van der Waals surface area (Å²) >= 11 is 1.40. The van der Waals surface area contributed by atoms with E-state index in [-0.39, 0.29) is 116 Å². The van der Waals surface area contributed by atoms with Crippen LogP contribution >= 0.6 is 11.8 Å². The molecular weight excluding hydrogens is 1010 g/mol. The number of methoxy groups -OCH3 is 2. The molecule has 1 unspecified atom stereocenters.